The Labute approximate surface area is 202 Å². The molecule has 1 saturated heterocycles. The van der Waals surface area contributed by atoms with E-state index in [1.807, 2.05) is 19.1 Å². The number of nitrogens with one attached hydrogen (secondary N) is 1. The van der Waals surface area contributed by atoms with Crippen molar-refractivity contribution in [1.29, 1.82) is 0 Å². The van der Waals surface area contributed by atoms with Crippen LogP contribution in [0, 0.1) is 5.82 Å². The van der Waals surface area contributed by atoms with Crippen molar-refractivity contribution in [2.75, 3.05) is 24.1 Å². The average Bonchev–Trinajstić information content (AvgIpc) is 3.34. The minimum absolute atomic E-state index is 0.103. The lowest BCUT2D eigenvalue weighted by atomic mass is 9.90. The first-order valence-electron chi connectivity index (χ1n) is 11.5. The smallest absolute Gasteiger partial charge is 0.256 e. The van der Waals surface area contributed by atoms with Gasteiger partial charge in [-0.15, -0.1) is 0 Å². The van der Waals surface area contributed by atoms with Crippen molar-refractivity contribution in [3.05, 3.63) is 90.4 Å². The number of fused-ring (bicyclic) bond motifs is 1. The summed E-state index contributed by atoms with van der Waals surface area (Å²) in [6, 6.07) is 11.9. The van der Waals surface area contributed by atoms with Crippen LogP contribution in [0.5, 0.6) is 0 Å². The number of allylic oxidation sites excluding steroid dienone is 1. The van der Waals surface area contributed by atoms with Crippen LogP contribution in [0.15, 0.2) is 73.5 Å². The van der Waals surface area contributed by atoms with Gasteiger partial charge in [0.05, 0.1) is 11.2 Å². The number of pyridine rings is 1. The van der Waals surface area contributed by atoms with E-state index >= 15 is 0 Å². The Morgan fingerprint density at radius 2 is 2.06 bits per heavy atom. The van der Waals surface area contributed by atoms with E-state index in [0.29, 0.717) is 17.2 Å². The Balaban J connectivity index is 1.48. The third kappa shape index (κ3) is 4.42. The van der Waals surface area contributed by atoms with Crippen molar-refractivity contribution < 1.29 is 9.18 Å². The summed E-state index contributed by atoms with van der Waals surface area (Å²) in [5, 5.41) is 3.32. The molecule has 7 nitrogen and oxygen atoms in total. The number of hydrogen-bond donors (Lipinski definition) is 2. The van der Waals surface area contributed by atoms with E-state index < -0.39 is 11.7 Å². The molecule has 1 amide bonds. The van der Waals surface area contributed by atoms with Gasteiger partial charge in [0.1, 0.15) is 6.33 Å². The highest BCUT2D eigenvalue weighted by atomic mass is 19.1. The Hall–Kier alpha value is -4.33. The molecule has 0 aliphatic carbocycles. The minimum atomic E-state index is -0.587. The first-order chi connectivity index (χ1) is 17.0. The van der Waals surface area contributed by atoms with Gasteiger partial charge in [-0.25, -0.2) is 19.3 Å². The summed E-state index contributed by atoms with van der Waals surface area (Å²) in [6.07, 6.45) is 9.94. The molecule has 35 heavy (non-hydrogen) atoms. The number of halogens is 1. The van der Waals surface area contributed by atoms with Gasteiger partial charge in [-0.1, -0.05) is 18.2 Å². The maximum absolute atomic E-state index is 13.8. The van der Waals surface area contributed by atoms with Crippen molar-refractivity contribution in [3.63, 3.8) is 0 Å². The third-order valence-corrected chi connectivity index (χ3v) is 6.33. The number of amides is 1. The predicted octanol–water partition coefficient (Wildman–Crippen LogP) is 4.99. The average molecular weight is 469 g/mol. The van der Waals surface area contributed by atoms with Crippen LogP contribution in [0.25, 0.3) is 22.0 Å². The molecule has 0 saturated carbocycles. The highest BCUT2D eigenvalue weighted by Gasteiger charge is 2.26. The second-order valence-corrected chi connectivity index (χ2v) is 8.54. The molecule has 0 radical (unpaired) electrons. The summed E-state index contributed by atoms with van der Waals surface area (Å²) in [7, 11) is 0. The Bertz CT molecular complexity index is 1420. The van der Waals surface area contributed by atoms with Gasteiger partial charge in [-0.05, 0) is 61.0 Å². The lowest BCUT2D eigenvalue weighted by Gasteiger charge is -2.18. The first-order valence-corrected chi connectivity index (χ1v) is 11.5. The van der Waals surface area contributed by atoms with Crippen LogP contribution in [-0.2, 0) is 0 Å². The molecule has 176 valence electrons. The molecule has 1 fully saturated rings. The van der Waals surface area contributed by atoms with E-state index in [-0.39, 0.29) is 5.82 Å². The van der Waals surface area contributed by atoms with E-state index in [2.05, 4.69) is 43.5 Å². The highest BCUT2D eigenvalue weighted by Crippen LogP contribution is 2.39. The van der Waals surface area contributed by atoms with Gasteiger partial charge in [-0.3, -0.25) is 4.79 Å². The van der Waals surface area contributed by atoms with Crippen LogP contribution in [0.1, 0.15) is 35.2 Å². The summed E-state index contributed by atoms with van der Waals surface area (Å²) in [5.41, 5.74) is 11.3. The number of carbonyl (C=O) groups is 1. The lowest BCUT2D eigenvalue weighted by molar-refractivity contribution is 0.102. The number of benzene rings is 2. The zero-order valence-corrected chi connectivity index (χ0v) is 19.3. The molecule has 1 unspecified atom stereocenters. The van der Waals surface area contributed by atoms with E-state index in [1.165, 1.54) is 18.3 Å². The van der Waals surface area contributed by atoms with Gasteiger partial charge in [0, 0.05) is 47.9 Å². The number of nitrogens with zero attached hydrogens (tertiary/aromatic N) is 4. The van der Waals surface area contributed by atoms with Crippen molar-refractivity contribution in [2.24, 2.45) is 0 Å². The fourth-order valence-electron chi connectivity index (χ4n) is 4.60. The lowest BCUT2D eigenvalue weighted by Crippen LogP contribution is -2.14. The second-order valence-electron chi connectivity index (χ2n) is 8.54. The zero-order chi connectivity index (χ0) is 24.4. The quantitative estimate of drug-likeness (QED) is 0.401. The predicted molar refractivity (Wildman–Crippen MR) is 135 cm³/mol. The summed E-state index contributed by atoms with van der Waals surface area (Å²) >= 11 is 0. The SMILES string of the molecule is CC=CN1CCC(c2cc(-c3ccc(C(=O)Nc4ncccc4F)cc3)c(N)c3cncnc23)C1. The van der Waals surface area contributed by atoms with Crippen LogP contribution in [-0.4, -0.2) is 38.8 Å². The molecule has 8 heteroatoms. The molecule has 1 aliphatic rings. The number of likely N-dealkylation sites (tertiary alicyclic amines) is 1. The number of nitrogen functional groups attached to an aromatic ring is 1. The fourth-order valence-corrected chi connectivity index (χ4v) is 4.60. The number of rotatable bonds is 5. The molecular formula is C27H25FN6O. The standard InChI is InChI=1S/C27H25FN6O/c1-2-11-34-12-9-19(15-34)21-13-20(24(29)22-14-30-16-32-25(21)22)17-5-7-18(8-6-17)27(35)33-26-23(28)4-3-10-31-26/h2-8,10-11,13-14,16,19H,9,12,15,29H2,1H3,(H,31,33,35). The van der Waals surface area contributed by atoms with Crippen molar-refractivity contribution >= 4 is 28.3 Å². The van der Waals surface area contributed by atoms with E-state index in [9.17, 15) is 9.18 Å². The summed E-state index contributed by atoms with van der Waals surface area (Å²) in [5.74, 6) is -0.810. The molecule has 2 aromatic heterocycles. The molecule has 2 aromatic carbocycles. The van der Waals surface area contributed by atoms with Crippen LogP contribution >= 0.6 is 0 Å². The topological polar surface area (TPSA) is 97.0 Å². The van der Waals surface area contributed by atoms with Crippen LogP contribution in [0.2, 0.25) is 0 Å². The molecule has 1 aliphatic heterocycles. The van der Waals surface area contributed by atoms with Gasteiger partial charge < -0.3 is 16.0 Å². The van der Waals surface area contributed by atoms with E-state index in [0.717, 1.165) is 47.1 Å². The molecule has 1 atom stereocenters. The molecule has 5 rings (SSSR count). The van der Waals surface area contributed by atoms with Gasteiger partial charge >= 0.3 is 0 Å². The van der Waals surface area contributed by atoms with E-state index in [4.69, 9.17) is 5.73 Å². The van der Waals surface area contributed by atoms with Crippen LogP contribution < -0.4 is 11.1 Å². The monoisotopic (exact) mass is 468 g/mol. The molecule has 4 aromatic rings. The Morgan fingerprint density at radius 3 is 2.83 bits per heavy atom. The summed E-state index contributed by atoms with van der Waals surface area (Å²) in [4.78, 5) is 27.5. The number of carbonyl (C=O) groups excluding carboxylic acids is 1. The van der Waals surface area contributed by atoms with Crippen LogP contribution in [0.3, 0.4) is 0 Å². The number of anilines is 2. The maximum atomic E-state index is 13.8. The van der Waals surface area contributed by atoms with Gasteiger partial charge in [0.2, 0.25) is 0 Å². The largest absolute Gasteiger partial charge is 0.398 e. The van der Waals surface area contributed by atoms with Crippen molar-refractivity contribution in [2.45, 2.75) is 19.3 Å². The maximum Gasteiger partial charge on any atom is 0.256 e. The fraction of sp³-hybridized carbons (Fsp3) is 0.185. The van der Waals surface area contributed by atoms with Crippen LogP contribution in [0.4, 0.5) is 15.9 Å². The summed E-state index contributed by atoms with van der Waals surface area (Å²) in [6.45, 7) is 3.92. The first kappa shape index (κ1) is 22.5. The Kier molecular flexibility index (Phi) is 6.10. The molecule has 0 bridgehead atoms. The van der Waals surface area contributed by atoms with E-state index in [1.54, 1.807) is 24.7 Å². The Morgan fingerprint density at radius 1 is 1.23 bits per heavy atom. The molecule has 0 spiro atoms. The number of nitrogens with two attached hydrogens (primary N) is 1. The number of aromatic nitrogens is 3. The zero-order valence-electron chi connectivity index (χ0n) is 19.3. The molecule has 3 heterocycles. The van der Waals surface area contributed by atoms with Crippen molar-refractivity contribution in [3.8, 4) is 11.1 Å². The molecular weight excluding hydrogens is 443 g/mol. The summed E-state index contributed by atoms with van der Waals surface area (Å²) < 4.78 is 13.8. The van der Waals surface area contributed by atoms with Crippen molar-refractivity contribution in [1.82, 2.24) is 19.9 Å². The molecule has 3 N–H and O–H groups in total. The van der Waals surface area contributed by atoms with Gasteiger partial charge in [0.15, 0.2) is 11.6 Å². The third-order valence-electron chi connectivity index (χ3n) is 6.33. The normalized spacial score (nSPS) is 15.7. The highest BCUT2D eigenvalue weighted by molar-refractivity contribution is 6.05. The number of hydrogen-bond acceptors (Lipinski definition) is 6. The van der Waals surface area contributed by atoms with Gasteiger partial charge in [-0.2, -0.15) is 0 Å². The minimum Gasteiger partial charge on any atom is -0.398 e. The second kappa shape index (κ2) is 9.50. The van der Waals surface area contributed by atoms with Gasteiger partial charge in [0.25, 0.3) is 5.91 Å².